The van der Waals surface area contributed by atoms with E-state index in [2.05, 4.69) is 10.6 Å². The summed E-state index contributed by atoms with van der Waals surface area (Å²) < 4.78 is 5.09. The minimum absolute atomic E-state index is 0.0340. The molecule has 0 aliphatic rings. The van der Waals surface area contributed by atoms with Crippen molar-refractivity contribution in [3.8, 4) is 5.75 Å². The minimum Gasteiger partial charge on any atom is -0.495 e. The lowest BCUT2D eigenvalue weighted by atomic mass is 10.2. The maximum absolute atomic E-state index is 11.8. The maximum atomic E-state index is 11.8. The first-order valence-corrected chi connectivity index (χ1v) is 6.99. The fourth-order valence-corrected chi connectivity index (χ4v) is 2.10. The van der Waals surface area contributed by atoms with Crippen molar-refractivity contribution in [2.45, 2.75) is 6.42 Å². The molecular formula is C16H17ClN2O2. The van der Waals surface area contributed by atoms with E-state index in [1.807, 2.05) is 36.4 Å². The number of carbonyl (C=O) groups is 1. The topological polar surface area (TPSA) is 50.4 Å². The van der Waals surface area contributed by atoms with Gasteiger partial charge in [0.05, 0.1) is 12.1 Å². The predicted octanol–water partition coefficient (Wildman–Crippen LogP) is 3.79. The summed E-state index contributed by atoms with van der Waals surface area (Å²) in [7, 11) is 1.57. The SMILES string of the molecule is COc1ccc(NCCC(=O)Nc2ccccc2)cc1Cl. The van der Waals surface area contributed by atoms with Crippen molar-refractivity contribution in [3.63, 3.8) is 0 Å². The zero-order chi connectivity index (χ0) is 15.1. The number of ether oxygens (including phenoxy) is 1. The highest BCUT2D eigenvalue weighted by Crippen LogP contribution is 2.27. The number of rotatable bonds is 6. The van der Waals surface area contributed by atoms with Crippen molar-refractivity contribution in [1.82, 2.24) is 0 Å². The fraction of sp³-hybridized carbons (Fsp3) is 0.188. The van der Waals surface area contributed by atoms with E-state index in [0.29, 0.717) is 23.7 Å². The standard InChI is InChI=1S/C16H17ClN2O2/c1-21-15-8-7-13(11-14(15)17)18-10-9-16(20)19-12-5-3-2-4-6-12/h2-8,11,18H,9-10H2,1H3,(H,19,20). The average molecular weight is 305 g/mol. The zero-order valence-corrected chi connectivity index (χ0v) is 12.5. The van der Waals surface area contributed by atoms with Crippen LogP contribution in [0, 0.1) is 0 Å². The quantitative estimate of drug-likeness (QED) is 0.853. The van der Waals surface area contributed by atoms with Crippen LogP contribution in [0.15, 0.2) is 48.5 Å². The first kappa shape index (κ1) is 15.2. The van der Waals surface area contributed by atoms with Gasteiger partial charge in [0, 0.05) is 24.3 Å². The van der Waals surface area contributed by atoms with Crippen LogP contribution in [0.4, 0.5) is 11.4 Å². The Kier molecular flexibility index (Phi) is 5.46. The molecule has 2 N–H and O–H groups in total. The second kappa shape index (κ2) is 7.55. The summed E-state index contributed by atoms with van der Waals surface area (Å²) in [6.07, 6.45) is 0.374. The largest absolute Gasteiger partial charge is 0.495 e. The number of anilines is 2. The minimum atomic E-state index is -0.0340. The van der Waals surface area contributed by atoms with Gasteiger partial charge in [-0.05, 0) is 30.3 Å². The summed E-state index contributed by atoms with van der Waals surface area (Å²) in [4.78, 5) is 11.8. The molecule has 0 bridgehead atoms. The van der Waals surface area contributed by atoms with Gasteiger partial charge in [0.2, 0.25) is 5.91 Å². The molecule has 0 fully saturated rings. The Bertz CT molecular complexity index is 602. The summed E-state index contributed by atoms with van der Waals surface area (Å²) in [5, 5.41) is 6.52. The third-order valence-electron chi connectivity index (χ3n) is 2.89. The molecule has 0 spiro atoms. The van der Waals surface area contributed by atoms with Crippen LogP contribution >= 0.6 is 11.6 Å². The van der Waals surface area contributed by atoms with Crippen LogP contribution in [-0.4, -0.2) is 19.6 Å². The molecule has 0 aliphatic heterocycles. The lowest BCUT2D eigenvalue weighted by Crippen LogP contribution is -2.16. The number of hydrogen-bond donors (Lipinski definition) is 2. The first-order chi connectivity index (χ1) is 10.2. The number of benzene rings is 2. The van der Waals surface area contributed by atoms with E-state index < -0.39 is 0 Å². The second-order valence-corrected chi connectivity index (χ2v) is 4.85. The molecule has 0 aliphatic carbocycles. The number of para-hydroxylation sites is 1. The Morgan fingerprint density at radius 2 is 1.90 bits per heavy atom. The number of nitrogens with one attached hydrogen (secondary N) is 2. The smallest absolute Gasteiger partial charge is 0.226 e. The van der Waals surface area contributed by atoms with Crippen LogP contribution in [0.25, 0.3) is 0 Å². The van der Waals surface area contributed by atoms with Gasteiger partial charge in [-0.2, -0.15) is 0 Å². The van der Waals surface area contributed by atoms with E-state index in [4.69, 9.17) is 16.3 Å². The molecule has 0 saturated carbocycles. The van der Waals surface area contributed by atoms with Gasteiger partial charge in [0.15, 0.2) is 0 Å². The molecule has 110 valence electrons. The molecule has 0 radical (unpaired) electrons. The van der Waals surface area contributed by atoms with Crippen molar-refractivity contribution in [1.29, 1.82) is 0 Å². The number of halogens is 1. The van der Waals surface area contributed by atoms with Crippen molar-refractivity contribution in [3.05, 3.63) is 53.6 Å². The molecule has 0 unspecified atom stereocenters. The molecule has 0 heterocycles. The Hall–Kier alpha value is -2.20. The second-order valence-electron chi connectivity index (χ2n) is 4.44. The lowest BCUT2D eigenvalue weighted by molar-refractivity contribution is -0.115. The van der Waals surface area contributed by atoms with E-state index in [9.17, 15) is 4.79 Å². The third kappa shape index (κ3) is 4.68. The Labute approximate surface area is 129 Å². The molecule has 2 aromatic rings. The summed E-state index contributed by atoms with van der Waals surface area (Å²) in [5.41, 5.74) is 1.66. The predicted molar refractivity (Wildman–Crippen MR) is 86.2 cm³/mol. The van der Waals surface area contributed by atoms with Crippen molar-refractivity contribution in [2.75, 3.05) is 24.3 Å². The van der Waals surface area contributed by atoms with Gasteiger partial charge >= 0.3 is 0 Å². The summed E-state index contributed by atoms with van der Waals surface area (Å²) >= 11 is 6.03. The number of hydrogen-bond acceptors (Lipinski definition) is 3. The van der Waals surface area contributed by atoms with Crippen molar-refractivity contribution >= 4 is 28.9 Å². The summed E-state index contributed by atoms with van der Waals surface area (Å²) in [6.45, 7) is 0.529. The fourth-order valence-electron chi connectivity index (χ4n) is 1.84. The molecule has 2 aromatic carbocycles. The van der Waals surface area contributed by atoms with E-state index >= 15 is 0 Å². The van der Waals surface area contributed by atoms with Gasteiger partial charge in [0.1, 0.15) is 5.75 Å². The van der Waals surface area contributed by atoms with Gasteiger partial charge in [-0.3, -0.25) is 4.79 Å². The Morgan fingerprint density at radius 3 is 2.57 bits per heavy atom. The summed E-state index contributed by atoms with van der Waals surface area (Å²) in [5.74, 6) is 0.595. The van der Waals surface area contributed by atoms with Crippen LogP contribution in [0.2, 0.25) is 5.02 Å². The van der Waals surface area contributed by atoms with Gasteiger partial charge in [0.25, 0.3) is 0 Å². The van der Waals surface area contributed by atoms with Gasteiger partial charge in [-0.25, -0.2) is 0 Å². The van der Waals surface area contributed by atoms with E-state index in [1.165, 1.54) is 0 Å². The highest BCUT2D eigenvalue weighted by atomic mass is 35.5. The lowest BCUT2D eigenvalue weighted by Gasteiger charge is -2.09. The number of carbonyl (C=O) groups excluding carboxylic acids is 1. The average Bonchev–Trinajstić information content (AvgIpc) is 2.48. The molecule has 2 rings (SSSR count). The zero-order valence-electron chi connectivity index (χ0n) is 11.7. The highest BCUT2D eigenvalue weighted by Gasteiger charge is 2.04. The van der Waals surface area contributed by atoms with Crippen LogP contribution in [-0.2, 0) is 4.79 Å². The molecular weight excluding hydrogens is 288 g/mol. The van der Waals surface area contributed by atoms with Crippen LogP contribution in [0.5, 0.6) is 5.75 Å². The van der Waals surface area contributed by atoms with Gasteiger partial charge in [-0.15, -0.1) is 0 Å². The van der Waals surface area contributed by atoms with Crippen LogP contribution in [0.3, 0.4) is 0 Å². The van der Waals surface area contributed by atoms with Crippen LogP contribution < -0.4 is 15.4 Å². The van der Waals surface area contributed by atoms with E-state index in [-0.39, 0.29) is 5.91 Å². The third-order valence-corrected chi connectivity index (χ3v) is 3.19. The number of methoxy groups -OCH3 is 1. The molecule has 0 saturated heterocycles. The molecule has 1 amide bonds. The van der Waals surface area contributed by atoms with Gasteiger partial charge < -0.3 is 15.4 Å². The molecule has 21 heavy (non-hydrogen) atoms. The van der Waals surface area contributed by atoms with Gasteiger partial charge in [-0.1, -0.05) is 29.8 Å². The van der Waals surface area contributed by atoms with Crippen molar-refractivity contribution in [2.24, 2.45) is 0 Å². The first-order valence-electron chi connectivity index (χ1n) is 6.61. The maximum Gasteiger partial charge on any atom is 0.226 e. The van der Waals surface area contributed by atoms with E-state index in [1.54, 1.807) is 19.2 Å². The van der Waals surface area contributed by atoms with Crippen molar-refractivity contribution < 1.29 is 9.53 Å². The van der Waals surface area contributed by atoms with E-state index in [0.717, 1.165) is 11.4 Å². The summed E-state index contributed by atoms with van der Waals surface area (Å²) in [6, 6.07) is 14.8. The monoisotopic (exact) mass is 304 g/mol. The molecule has 4 nitrogen and oxygen atoms in total. The van der Waals surface area contributed by atoms with Crippen LogP contribution in [0.1, 0.15) is 6.42 Å². The normalized spacial score (nSPS) is 10.0. The number of amides is 1. The Balaban J connectivity index is 1.79. The Morgan fingerprint density at radius 1 is 1.14 bits per heavy atom. The highest BCUT2D eigenvalue weighted by molar-refractivity contribution is 6.32. The molecule has 5 heteroatoms. The molecule has 0 aromatic heterocycles. The molecule has 0 atom stereocenters.